The lowest BCUT2D eigenvalue weighted by Crippen LogP contribution is -2.52. The lowest BCUT2D eigenvalue weighted by molar-refractivity contribution is 0.194. The highest BCUT2D eigenvalue weighted by atomic mass is 16.2. The van der Waals surface area contributed by atoms with Crippen LogP contribution in [-0.2, 0) is 0 Å². The average Bonchev–Trinajstić information content (AvgIpc) is 2.67. The molecular formula is C20H32N4O. The summed E-state index contributed by atoms with van der Waals surface area (Å²) in [6.07, 6.45) is 3.57. The first kappa shape index (κ1) is 17.9. The van der Waals surface area contributed by atoms with E-state index >= 15 is 0 Å². The molecule has 0 aliphatic carbocycles. The summed E-state index contributed by atoms with van der Waals surface area (Å²) in [5, 5.41) is 2.97. The quantitative estimate of drug-likeness (QED) is 0.912. The minimum absolute atomic E-state index is 0.0798. The van der Waals surface area contributed by atoms with Crippen molar-refractivity contribution in [2.24, 2.45) is 5.92 Å². The highest BCUT2D eigenvalue weighted by Crippen LogP contribution is 2.26. The number of hydrogen-bond acceptors (Lipinski definition) is 3. The number of carbonyl (C=O) groups is 1. The van der Waals surface area contributed by atoms with Crippen LogP contribution in [0, 0.1) is 5.92 Å². The predicted molar refractivity (Wildman–Crippen MR) is 105 cm³/mol. The molecule has 0 bridgehead atoms. The van der Waals surface area contributed by atoms with E-state index in [1.807, 2.05) is 4.90 Å². The zero-order chi connectivity index (χ0) is 17.6. The molecule has 0 aromatic heterocycles. The summed E-state index contributed by atoms with van der Waals surface area (Å²) in [7, 11) is 0. The van der Waals surface area contributed by atoms with Gasteiger partial charge in [-0.3, -0.25) is 0 Å². The normalized spacial score (nSPS) is 19.2. The summed E-state index contributed by atoms with van der Waals surface area (Å²) in [4.78, 5) is 18.8. The molecule has 0 saturated carbocycles. The van der Waals surface area contributed by atoms with Crippen LogP contribution >= 0.6 is 0 Å². The predicted octanol–water partition coefficient (Wildman–Crippen LogP) is 3.16. The van der Waals surface area contributed by atoms with E-state index < -0.39 is 0 Å². The molecule has 0 spiro atoms. The second-order valence-electron chi connectivity index (χ2n) is 7.39. The van der Waals surface area contributed by atoms with E-state index in [1.165, 1.54) is 37.3 Å². The summed E-state index contributed by atoms with van der Waals surface area (Å²) in [5.74, 6) is 0.862. The molecule has 2 saturated heterocycles. The van der Waals surface area contributed by atoms with Crippen LogP contribution in [0.4, 0.5) is 16.2 Å². The fourth-order valence-corrected chi connectivity index (χ4v) is 3.65. The average molecular weight is 345 g/mol. The van der Waals surface area contributed by atoms with Gasteiger partial charge in [-0.25, -0.2) is 4.79 Å². The maximum Gasteiger partial charge on any atom is 0.317 e. The Balaban J connectivity index is 1.51. The number of nitrogens with one attached hydrogen (secondary N) is 1. The van der Waals surface area contributed by atoms with Crippen LogP contribution in [0.15, 0.2) is 24.3 Å². The number of urea groups is 1. The van der Waals surface area contributed by atoms with Crippen LogP contribution < -0.4 is 15.1 Å². The van der Waals surface area contributed by atoms with Gasteiger partial charge in [-0.15, -0.1) is 0 Å². The van der Waals surface area contributed by atoms with Gasteiger partial charge in [0.25, 0.3) is 0 Å². The smallest absolute Gasteiger partial charge is 0.317 e. The molecular weight excluding hydrogens is 312 g/mol. The lowest BCUT2D eigenvalue weighted by Gasteiger charge is -2.36. The van der Waals surface area contributed by atoms with Crippen molar-refractivity contribution >= 4 is 17.4 Å². The van der Waals surface area contributed by atoms with Crippen molar-refractivity contribution in [3.8, 4) is 0 Å². The van der Waals surface area contributed by atoms with Crippen molar-refractivity contribution in [1.29, 1.82) is 0 Å². The Kier molecular flexibility index (Phi) is 6.05. The number of piperidine rings is 1. The number of anilines is 2. The molecule has 0 atom stereocenters. The van der Waals surface area contributed by atoms with Crippen molar-refractivity contribution in [3.63, 3.8) is 0 Å². The second-order valence-corrected chi connectivity index (χ2v) is 7.39. The van der Waals surface area contributed by atoms with Crippen LogP contribution in [0.1, 0.15) is 33.1 Å². The summed E-state index contributed by atoms with van der Waals surface area (Å²) < 4.78 is 0. The van der Waals surface area contributed by atoms with Crippen molar-refractivity contribution in [1.82, 2.24) is 10.2 Å². The van der Waals surface area contributed by atoms with Crippen LogP contribution in [0.3, 0.4) is 0 Å². The molecule has 2 heterocycles. The number of hydrogen-bond donors (Lipinski definition) is 1. The molecule has 1 aromatic carbocycles. The number of nitrogens with zero attached hydrogens (tertiary/aromatic N) is 3. The maximum absolute atomic E-state index is 12.0. The van der Waals surface area contributed by atoms with E-state index in [0.29, 0.717) is 0 Å². The minimum Gasteiger partial charge on any atom is -0.372 e. The van der Waals surface area contributed by atoms with E-state index in [2.05, 4.69) is 53.2 Å². The summed E-state index contributed by atoms with van der Waals surface area (Å²) >= 11 is 0. The molecule has 138 valence electrons. The van der Waals surface area contributed by atoms with Gasteiger partial charge in [-0.1, -0.05) is 13.8 Å². The Hall–Kier alpha value is -1.91. The Morgan fingerprint density at radius 2 is 1.48 bits per heavy atom. The maximum atomic E-state index is 12.0. The van der Waals surface area contributed by atoms with Crippen LogP contribution in [-0.4, -0.2) is 56.7 Å². The molecule has 2 fully saturated rings. The molecule has 1 aromatic rings. The van der Waals surface area contributed by atoms with E-state index in [-0.39, 0.29) is 6.03 Å². The molecule has 2 aliphatic heterocycles. The topological polar surface area (TPSA) is 38.8 Å². The van der Waals surface area contributed by atoms with E-state index in [0.717, 1.165) is 45.1 Å². The number of amides is 2. The number of piperazine rings is 1. The van der Waals surface area contributed by atoms with Crippen LogP contribution in [0.25, 0.3) is 0 Å². The van der Waals surface area contributed by atoms with Gasteiger partial charge < -0.3 is 20.0 Å². The Morgan fingerprint density at radius 1 is 0.960 bits per heavy atom. The Morgan fingerprint density at radius 3 is 2.00 bits per heavy atom. The molecule has 5 nitrogen and oxygen atoms in total. The number of benzene rings is 1. The second kappa shape index (κ2) is 8.45. The first-order valence-corrected chi connectivity index (χ1v) is 9.80. The van der Waals surface area contributed by atoms with Gasteiger partial charge in [0, 0.05) is 57.2 Å². The number of carbonyl (C=O) groups excluding carboxylic acids is 1. The van der Waals surface area contributed by atoms with Gasteiger partial charge in [-0.2, -0.15) is 0 Å². The van der Waals surface area contributed by atoms with Gasteiger partial charge in [-0.05, 0) is 49.4 Å². The molecule has 25 heavy (non-hydrogen) atoms. The third-order valence-corrected chi connectivity index (χ3v) is 5.46. The SMILES string of the molecule is CCCNC(=O)N1CCN(c2ccc(N3CCC(C)CC3)cc2)CC1. The van der Waals surface area contributed by atoms with Crippen molar-refractivity contribution < 1.29 is 4.79 Å². The van der Waals surface area contributed by atoms with Gasteiger partial charge in [0.15, 0.2) is 0 Å². The molecule has 2 amide bonds. The summed E-state index contributed by atoms with van der Waals surface area (Å²) in [5.41, 5.74) is 2.61. The van der Waals surface area contributed by atoms with Gasteiger partial charge in [0.1, 0.15) is 0 Å². The van der Waals surface area contributed by atoms with E-state index in [4.69, 9.17) is 0 Å². The third-order valence-electron chi connectivity index (χ3n) is 5.46. The fourth-order valence-electron chi connectivity index (χ4n) is 3.65. The van der Waals surface area contributed by atoms with Crippen LogP contribution in [0.2, 0.25) is 0 Å². The minimum atomic E-state index is 0.0798. The molecule has 1 N–H and O–H groups in total. The monoisotopic (exact) mass is 344 g/mol. The fraction of sp³-hybridized carbons (Fsp3) is 0.650. The van der Waals surface area contributed by atoms with Gasteiger partial charge in [0.05, 0.1) is 0 Å². The summed E-state index contributed by atoms with van der Waals surface area (Å²) in [6.45, 7) is 10.9. The first-order chi connectivity index (χ1) is 12.2. The van der Waals surface area contributed by atoms with Gasteiger partial charge in [0.2, 0.25) is 0 Å². The number of rotatable bonds is 4. The van der Waals surface area contributed by atoms with E-state index in [1.54, 1.807) is 0 Å². The molecule has 2 aliphatic rings. The zero-order valence-corrected chi connectivity index (χ0v) is 15.7. The molecule has 5 heteroatoms. The van der Waals surface area contributed by atoms with Gasteiger partial charge >= 0.3 is 6.03 Å². The highest BCUT2D eigenvalue weighted by Gasteiger charge is 2.21. The lowest BCUT2D eigenvalue weighted by atomic mass is 9.99. The standard InChI is InChI=1S/C20H32N4O/c1-3-10-21-20(25)24-15-13-23(14-16-24)19-6-4-18(5-7-19)22-11-8-17(2)9-12-22/h4-7,17H,3,8-16H2,1-2H3,(H,21,25). The summed E-state index contributed by atoms with van der Waals surface area (Å²) in [6, 6.07) is 9.06. The molecule has 3 rings (SSSR count). The zero-order valence-electron chi connectivity index (χ0n) is 15.7. The van der Waals surface area contributed by atoms with E-state index in [9.17, 15) is 4.79 Å². The van der Waals surface area contributed by atoms with Crippen molar-refractivity contribution in [2.45, 2.75) is 33.1 Å². The largest absolute Gasteiger partial charge is 0.372 e. The molecule has 0 radical (unpaired) electrons. The highest BCUT2D eigenvalue weighted by molar-refractivity contribution is 5.74. The molecule has 0 unspecified atom stereocenters. The van der Waals surface area contributed by atoms with Crippen molar-refractivity contribution in [2.75, 3.05) is 55.6 Å². The van der Waals surface area contributed by atoms with Crippen LogP contribution in [0.5, 0.6) is 0 Å². The Bertz CT molecular complexity index is 543. The van der Waals surface area contributed by atoms with Crippen molar-refractivity contribution in [3.05, 3.63) is 24.3 Å². The Labute approximate surface area is 152 Å². The third kappa shape index (κ3) is 4.59. The first-order valence-electron chi connectivity index (χ1n) is 9.80.